The molecule has 6 heteroatoms. The smallest absolute Gasteiger partial charge is 0.269 e. The van der Waals surface area contributed by atoms with Gasteiger partial charge in [-0.3, -0.25) is 9.78 Å². The molecular weight excluding hydrogens is 318 g/mol. The lowest BCUT2D eigenvalue weighted by atomic mass is 10.1. The Balaban J connectivity index is 1.54. The Morgan fingerprint density at radius 2 is 1.96 bits per heavy atom. The van der Waals surface area contributed by atoms with Crippen LogP contribution in [-0.2, 0) is 6.42 Å². The Morgan fingerprint density at radius 1 is 1.16 bits per heavy atom. The second-order valence-electron chi connectivity index (χ2n) is 6.04. The fourth-order valence-corrected chi connectivity index (χ4v) is 2.55. The predicted octanol–water partition coefficient (Wildman–Crippen LogP) is 2.65. The number of nitrogens with zero attached hydrogens (tertiary/aromatic N) is 1. The van der Waals surface area contributed by atoms with Crippen LogP contribution < -0.4 is 20.1 Å². The SMILES string of the molecule is COc1ccc(CCNC(=O)c2cc(NC3CC3)ccn2)cc1OC. The summed E-state index contributed by atoms with van der Waals surface area (Å²) in [5.74, 6) is 1.21. The van der Waals surface area contributed by atoms with Gasteiger partial charge in [0.25, 0.3) is 5.91 Å². The van der Waals surface area contributed by atoms with Gasteiger partial charge in [0.05, 0.1) is 14.2 Å². The second kappa shape index (κ2) is 7.88. The first-order valence-corrected chi connectivity index (χ1v) is 8.41. The first-order valence-electron chi connectivity index (χ1n) is 8.41. The lowest BCUT2D eigenvalue weighted by Gasteiger charge is -2.10. The monoisotopic (exact) mass is 341 g/mol. The summed E-state index contributed by atoms with van der Waals surface area (Å²) in [6, 6.07) is 9.98. The number of amides is 1. The summed E-state index contributed by atoms with van der Waals surface area (Å²) in [5, 5.41) is 6.28. The van der Waals surface area contributed by atoms with E-state index in [4.69, 9.17) is 9.47 Å². The van der Waals surface area contributed by atoms with Gasteiger partial charge in [0, 0.05) is 24.5 Å². The number of nitrogens with one attached hydrogen (secondary N) is 2. The fraction of sp³-hybridized carbons (Fsp3) is 0.368. The van der Waals surface area contributed by atoms with Crippen molar-refractivity contribution in [3.05, 3.63) is 47.8 Å². The number of hydrogen-bond acceptors (Lipinski definition) is 5. The maximum atomic E-state index is 12.3. The maximum absolute atomic E-state index is 12.3. The third-order valence-electron chi connectivity index (χ3n) is 4.09. The average molecular weight is 341 g/mol. The first kappa shape index (κ1) is 17.1. The van der Waals surface area contributed by atoms with Crippen LogP contribution in [0, 0.1) is 0 Å². The van der Waals surface area contributed by atoms with Gasteiger partial charge in [-0.1, -0.05) is 6.07 Å². The van der Waals surface area contributed by atoms with Gasteiger partial charge in [0.1, 0.15) is 5.69 Å². The minimum absolute atomic E-state index is 0.167. The highest BCUT2D eigenvalue weighted by Crippen LogP contribution is 2.27. The Morgan fingerprint density at radius 3 is 2.68 bits per heavy atom. The Kier molecular flexibility index (Phi) is 5.38. The summed E-state index contributed by atoms with van der Waals surface area (Å²) < 4.78 is 10.5. The molecule has 1 aliphatic rings. The molecule has 25 heavy (non-hydrogen) atoms. The molecule has 0 unspecified atom stereocenters. The molecule has 0 bridgehead atoms. The summed E-state index contributed by atoms with van der Waals surface area (Å²) in [7, 11) is 3.22. The van der Waals surface area contributed by atoms with Gasteiger partial charge in [-0.05, 0) is 49.1 Å². The van der Waals surface area contributed by atoms with Crippen LogP contribution in [0.25, 0.3) is 0 Å². The number of hydrogen-bond donors (Lipinski definition) is 2. The molecule has 0 atom stereocenters. The molecule has 132 valence electrons. The topological polar surface area (TPSA) is 72.5 Å². The standard InChI is InChI=1S/C19H23N3O3/c1-24-17-6-3-13(11-18(17)25-2)7-9-21-19(23)16-12-15(8-10-20-16)22-14-4-5-14/h3,6,8,10-12,14H,4-5,7,9H2,1-2H3,(H,20,22)(H,21,23). The minimum Gasteiger partial charge on any atom is -0.493 e. The van der Waals surface area contributed by atoms with Crippen molar-refractivity contribution in [1.82, 2.24) is 10.3 Å². The van der Waals surface area contributed by atoms with Gasteiger partial charge in [-0.25, -0.2) is 0 Å². The predicted molar refractivity (Wildman–Crippen MR) is 96.5 cm³/mol. The summed E-state index contributed by atoms with van der Waals surface area (Å²) in [4.78, 5) is 16.4. The molecule has 1 aromatic carbocycles. The third-order valence-corrected chi connectivity index (χ3v) is 4.09. The second-order valence-corrected chi connectivity index (χ2v) is 6.04. The van der Waals surface area contributed by atoms with Crippen LogP contribution in [0.15, 0.2) is 36.5 Å². The van der Waals surface area contributed by atoms with E-state index in [1.165, 1.54) is 12.8 Å². The van der Waals surface area contributed by atoms with Crippen molar-refractivity contribution in [3.63, 3.8) is 0 Å². The van der Waals surface area contributed by atoms with E-state index in [0.29, 0.717) is 36.2 Å². The van der Waals surface area contributed by atoms with E-state index in [-0.39, 0.29) is 5.91 Å². The molecular formula is C19H23N3O3. The summed E-state index contributed by atoms with van der Waals surface area (Å²) in [6.07, 6.45) is 4.74. The molecule has 2 N–H and O–H groups in total. The maximum Gasteiger partial charge on any atom is 0.269 e. The zero-order valence-electron chi connectivity index (χ0n) is 14.5. The van der Waals surface area contributed by atoms with Crippen molar-refractivity contribution in [3.8, 4) is 11.5 Å². The number of benzene rings is 1. The number of ether oxygens (including phenoxy) is 2. The number of anilines is 1. The largest absolute Gasteiger partial charge is 0.493 e. The first-order chi connectivity index (χ1) is 12.2. The minimum atomic E-state index is -0.167. The van der Waals surface area contributed by atoms with Crippen LogP contribution in [0.1, 0.15) is 28.9 Å². The zero-order valence-corrected chi connectivity index (χ0v) is 14.5. The number of carbonyl (C=O) groups is 1. The number of rotatable bonds is 8. The van der Waals surface area contributed by atoms with Crippen LogP contribution in [0.5, 0.6) is 11.5 Å². The van der Waals surface area contributed by atoms with Gasteiger partial charge in [0.2, 0.25) is 0 Å². The van der Waals surface area contributed by atoms with Crippen LogP contribution in [0.3, 0.4) is 0 Å². The van der Waals surface area contributed by atoms with Crippen molar-refractivity contribution >= 4 is 11.6 Å². The Hall–Kier alpha value is -2.76. The fourth-order valence-electron chi connectivity index (χ4n) is 2.55. The highest BCUT2D eigenvalue weighted by atomic mass is 16.5. The van der Waals surface area contributed by atoms with Crippen LogP contribution in [-0.4, -0.2) is 37.7 Å². The Bertz CT molecular complexity index is 744. The molecule has 1 amide bonds. The van der Waals surface area contributed by atoms with Crippen molar-refractivity contribution < 1.29 is 14.3 Å². The molecule has 1 heterocycles. The summed E-state index contributed by atoms with van der Waals surface area (Å²) in [5.41, 5.74) is 2.44. The number of methoxy groups -OCH3 is 2. The quantitative estimate of drug-likeness (QED) is 0.772. The van der Waals surface area contributed by atoms with E-state index < -0.39 is 0 Å². The molecule has 3 rings (SSSR count). The van der Waals surface area contributed by atoms with Gasteiger partial charge in [-0.15, -0.1) is 0 Å². The molecule has 1 aromatic heterocycles. The van der Waals surface area contributed by atoms with Gasteiger partial charge in [-0.2, -0.15) is 0 Å². The molecule has 1 aliphatic carbocycles. The molecule has 0 aliphatic heterocycles. The molecule has 1 saturated carbocycles. The van der Waals surface area contributed by atoms with Crippen molar-refractivity contribution in [2.24, 2.45) is 0 Å². The van der Waals surface area contributed by atoms with Crippen LogP contribution in [0.4, 0.5) is 5.69 Å². The van der Waals surface area contributed by atoms with E-state index in [2.05, 4.69) is 15.6 Å². The molecule has 0 spiro atoms. The van der Waals surface area contributed by atoms with E-state index in [1.807, 2.05) is 24.3 Å². The van der Waals surface area contributed by atoms with Crippen molar-refractivity contribution in [2.45, 2.75) is 25.3 Å². The van der Waals surface area contributed by atoms with E-state index in [9.17, 15) is 4.79 Å². The number of carbonyl (C=O) groups excluding carboxylic acids is 1. The summed E-state index contributed by atoms with van der Waals surface area (Å²) in [6.45, 7) is 0.524. The van der Waals surface area contributed by atoms with Crippen molar-refractivity contribution in [1.29, 1.82) is 0 Å². The highest BCUT2D eigenvalue weighted by Gasteiger charge is 2.21. The molecule has 2 aromatic rings. The van der Waals surface area contributed by atoms with Gasteiger partial charge < -0.3 is 20.1 Å². The Labute approximate surface area is 147 Å². The zero-order chi connectivity index (χ0) is 17.6. The van der Waals surface area contributed by atoms with E-state index in [1.54, 1.807) is 26.5 Å². The molecule has 1 fully saturated rings. The highest BCUT2D eigenvalue weighted by molar-refractivity contribution is 5.93. The van der Waals surface area contributed by atoms with Crippen LogP contribution in [0.2, 0.25) is 0 Å². The molecule has 6 nitrogen and oxygen atoms in total. The number of pyridine rings is 1. The average Bonchev–Trinajstić information content (AvgIpc) is 3.45. The summed E-state index contributed by atoms with van der Waals surface area (Å²) >= 11 is 0. The van der Waals surface area contributed by atoms with Crippen molar-refractivity contribution in [2.75, 3.05) is 26.1 Å². The van der Waals surface area contributed by atoms with E-state index >= 15 is 0 Å². The molecule has 0 saturated heterocycles. The lowest BCUT2D eigenvalue weighted by molar-refractivity contribution is 0.0949. The third kappa shape index (κ3) is 4.62. The lowest BCUT2D eigenvalue weighted by Crippen LogP contribution is -2.26. The van der Waals surface area contributed by atoms with Gasteiger partial charge in [0.15, 0.2) is 11.5 Å². The van der Waals surface area contributed by atoms with Gasteiger partial charge >= 0.3 is 0 Å². The normalized spacial score (nSPS) is 13.2. The van der Waals surface area contributed by atoms with Crippen LogP contribution >= 0.6 is 0 Å². The molecule has 0 radical (unpaired) electrons. The number of aromatic nitrogens is 1. The van der Waals surface area contributed by atoms with E-state index in [0.717, 1.165) is 11.3 Å².